The lowest BCUT2D eigenvalue weighted by atomic mass is 9.93. The van der Waals surface area contributed by atoms with Gasteiger partial charge in [0.25, 0.3) is 0 Å². The van der Waals surface area contributed by atoms with Crippen LogP contribution in [0, 0.1) is 5.92 Å². The first kappa shape index (κ1) is 14.5. The molecule has 0 radical (unpaired) electrons. The highest BCUT2D eigenvalue weighted by atomic mass is 16.4. The number of aliphatic hydroxyl groups excluding tert-OH is 1. The molecule has 0 bridgehead atoms. The fourth-order valence-electron chi connectivity index (χ4n) is 2.54. The molecule has 4 nitrogen and oxygen atoms in total. The second kappa shape index (κ2) is 8.48. The molecule has 0 amide bonds. The van der Waals surface area contributed by atoms with Gasteiger partial charge in [-0.25, -0.2) is 0 Å². The summed E-state index contributed by atoms with van der Waals surface area (Å²) < 4.78 is 0. The Kier molecular flexibility index (Phi) is 7.21. The van der Waals surface area contributed by atoms with Crippen molar-refractivity contribution in [3.05, 3.63) is 0 Å². The van der Waals surface area contributed by atoms with Crippen molar-refractivity contribution in [1.82, 2.24) is 4.90 Å². The summed E-state index contributed by atoms with van der Waals surface area (Å²) in [4.78, 5) is 13.0. The van der Waals surface area contributed by atoms with Crippen LogP contribution >= 0.6 is 0 Å². The zero-order valence-electron chi connectivity index (χ0n) is 10.6. The first-order valence-corrected chi connectivity index (χ1v) is 6.77. The van der Waals surface area contributed by atoms with Crippen LogP contribution in [0.15, 0.2) is 0 Å². The van der Waals surface area contributed by atoms with E-state index < -0.39 is 5.97 Å². The molecule has 0 aromatic carbocycles. The topological polar surface area (TPSA) is 60.8 Å². The predicted molar refractivity (Wildman–Crippen MR) is 67.0 cm³/mol. The molecule has 1 aliphatic heterocycles. The number of rotatable bonds is 8. The third kappa shape index (κ3) is 6.64. The summed E-state index contributed by atoms with van der Waals surface area (Å²) in [5.74, 6) is -0.109. The van der Waals surface area contributed by atoms with Crippen LogP contribution in [0.3, 0.4) is 0 Å². The molecule has 100 valence electrons. The van der Waals surface area contributed by atoms with Gasteiger partial charge < -0.3 is 15.1 Å². The number of hydrogen-bond acceptors (Lipinski definition) is 3. The average molecular weight is 243 g/mol. The largest absolute Gasteiger partial charge is 0.481 e. The molecule has 1 unspecified atom stereocenters. The molecule has 1 rings (SSSR count). The number of hydrogen-bond donors (Lipinski definition) is 2. The number of unbranched alkanes of at least 4 members (excludes halogenated alkanes) is 2. The highest BCUT2D eigenvalue weighted by Crippen LogP contribution is 2.21. The van der Waals surface area contributed by atoms with E-state index in [0.717, 1.165) is 45.3 Å². The minimum absolute atomic E-state index is 0.293. The molecule has 0 aromatic heterocycles. The van der Waals surface area contributed by atoms with Gasteiger partial charge in [0.15, 0.2) is 0 Å². The van der Waals surface area contributed by atoms with Gasteiger partial charge >= 0.3 is 5.97 Å². The standard InChI is InChI=1S/C13H25NO3/c15-10-3-1-2-8-14-9-4-5-12(11-14)6-7-13(16)17/h12,15H,1-11H2,(H,16,17). The minimum atomic E-state index is -0.676. The molecule has 1 atom stereocenters. The van der Waals surface area contributed by atoms with Crippen molar-refractivity contribution < 1.29 is 15.0 Å². The summed E-state index contributed by atoms with van der Waals surface area (Å²) in [7, 11) is 0. The van der Waals surface area contributed by atoms with Gasteiger partial charge in [-0.3, -0.25) is 4.79 Å². The first-order valence-electron chi connectivity index (χ1n) is 6.77. The lowest BCUT2D eigenvalue weighted by Crippen LogP contribution is -2.36. The van der Waals surface area contributed by atoms with E-state index in [1.54, 1.807) is 0 Å². The quantitative estimate of drug-likeness (QED) is 0.637. The molecule has 1 saturated heterocycles. The molecule has 0 spiro atoms. The Morgan fingerprint density at radius 1 is 1.29 bits per heavy atom. The monoisotopic (exact) mass is 243 g/mol. The fourth-order valence-corrected chi connectivity index (χ4v) is 2.54. The van der Waals surface area contributed by atoms with E-state index in [2.05, 4.69) is 4.90 Å². The van der Waals surface area contributed by atoms with Crippen molar-refractivity contribution in [3.8, 4) is 0 Å². The predicted octanol–water partition coefficient (Wildman–Crippen LogP) is 1.73. The number of likely N-dealkylation sites (tertiary alicyclic amines) is 1. The van der Waals surface area contributed by atoms with Gasteiger partial charge in [0.1, 0.15) is 0 Å². The van der Waals surface area contributed by atoms with Crippen molar-refractivity contribution in [3.63, 3.8) is 0 Å². The fraction of sp³-hybridized carbons (Fsp3) is 0.923. The Balaban J connectivity index is 2.12. The Morgan fingerprint density at radius 3 is 2.82 bits per heavy atom. The van der Waals surface area contributed by atoms with Crippen LogP contribution in [-0.4, -0.2) is 47.3 Å². The van der Waals surface area contributed by atoms with E-state index in [-0.39, 0.29) is 0 Å². The molecule has 1 aliphatic rings. The number of carboxylic acids is 1. The second-order valence-electron chi connectivity index (χ2n) is 5.03. The summed E-state index contributed by atoms with van der Waals surface area (Å²) in [5.41, 5.74) is 0. The third-order valence-electron chi connectivity index (χ3n) is 3.50. The van der Waals surface area contributed by atoms with Crippen molar-refractivity contribution >= 4 is 5.97 Å². The van der Waals surface area contributed by atoms with E-state index in [1.807, 2.05) is 0 Å². The van der Waals surface area contributed by atoms with E-state index in [0.29, 0.717) is 18.9 Å². The van der Waals surface area contributed by atoms with Crippen LogP contribution in [0.5, 0.6) is 0 Å². The Hall–Kier alpha value is -0.610. The highest BCUT2D eigenvalue weighted by Gasteiger charge is 2.19. The molecule has 4 heteroatoms. The molecular formula is C13H25NO3. The van der Waals surface area contributed by atoms with Crippen LogP contribution in [-0.2, 0) is 4.79 Å². The summed E-state index contributed by atoms with van der Waals surface area (Å²) in [6, 6.07) is 0. The first-order chi connectivity index (χ1) is 8.22. The molecule has 0 aromatic rings. The lowest BCUT2D eigenvalue weighted by Gasteiger charge is -2.32. The van der Waals surface area contributed by atoms with Gasteiger partial charge in [0.05, 0.1) is 0 Å². The van der Waals surface area contributed by atoms with E-state index >= 15 is 0 Å². The minimum Gasteiger partial charge on any atom is -0.481 e. The molecule has 1 heterocycles. The number of nitrogens with zero attached hydrogens (tertiary/aromatic N) is 1. The van der Waals surface area contributed by atoms with Crippen LogP contribution in [0.2, 0.25) is 0 Å². The summed E-state index contributed by atoms with van der Waals surface area (Å²) in [5, 5.41) is 17.4. The van der Waals surface area contributed by atoms with Gasteiger partial charge in [-0.05, 0) is 57.5 Å². The van der Waals surface area contributed by atoms with Gasteiger partial charge in [0.2, 0.25) is 0 Å². The lowest BCUT2D eigenvalue weighted by molar-refractivity contribution is -0.137. The van der Waals surface area contributed by atoms with Crippen LogP contribution < -0.4 is 0 Å². The zero-order chi connectivity index (χ0) is 12.5. The number of carbonyl (C=O) groups is 1. The van der Waals surface area contributed by atoms with Gasteiger partial charge in [-0.2, -0.15) is 0 Å². The van der Waals surface area contributed by atoms with Crippen LogP contribution in [0.1, 0.15) is 44.9 Å². The van der Waals surface area contributed by atoms with Gasteiger partial charge in [-0.15, -0.1) is 0 Å². The third-order valence-corrected chi connectivity index (χ3v) is 3.50. The van der Waals surface area contributed by atoms with Crippen LogP contribution in [0.25, 0.3) is 0 Å². The number of piperidine rings is 1. The normalized spacial score (nSPS) is 21.6. The van der Waals surface area contributed by atoms with Crippen molar-refractivity contribution in [2.45, 2.75) is 44.9 Å². The smallest absolute Gasteiger partial charge is 0.303 e. The molecule has 2 N–H and O–H groups in total. The summed E-state index contributed by atoms with van der Waals surface area (Å²) in [6.07, 6.45) is 6.64. The maximum absolute atomic E-state index is 10.5. The molecular weight excluding hydrogens is 218 g/mol. The maximum Gasteiger partial charge on any atom is 0.303 e. The van der Waals surface area contributed by atoms with E-state index in [9.17, 15) is 4.79 Å². The van der Waals surface area contributed by atoms with Crippen molar-refractivity contribution in [2.75, 3.05) is 26.2 Å². The zero-order valence-corrected chi connectivity index (χ0v) is 10.6. The molecule has 17 heavy (non-hydrogen) atoms. The Bertz CT molecular complexity index is 221. The van der Waals surface area contributed by atoms with Crippen molar-refractivity contribution in [2.24, 2.45) is 5.92 Å². The number of aliphatic hydroxyl groups is 1. The van der Waals surface area contributed by atoms with E-state index in [4.69, 9.17) is 10.2 Å². The molecule has 1 fully saturated rings. The van der Waals surface area contributed by atoms with Gasteiger partial charge in [-0.1, -0.05) is 0 Å². The SMILES string of the molecule is O=C(O)CCC1CCCN(CCCCCO)C1. The maximum atomic E-state index is 10.5. The van der Waals surface area contributed by atoms with Gasteiger partial charge in [0, 0.05) is 19.6 Å². The van der Waals surface area contributed by atoms with Crippen LogP contribution in [0.4, 0.5) is 0 Å². The highest BCUT2D eigenvalue weighted by molar-refractivity contribution is 5.66. The number of carboxylic acid groups (broad SMARTS) is 1. The molecule has 0 saturated carbocycles. The Morgan fingerprint density at radius 2 is 2.12 bits per heavy atom. The van der Waals surface area contributed by atoms with Crippen molar-refractivity contribution in [1.29, 1.82) is 0 Å². The average Bonchev–Trinajstić information content (AvgIpc) is 2.33. The second-order valence-corrected chi connectivity index (χ2v) is 5.03. The van der Waals surface area contributed by atoms with E-state index in [1.165, 1.54) is 12.8 Å². The summed E-state index contributed by atoms with van der Waals surface area (Å²) >= 11 is 0. The summed E-state index contributed by atoms with van der Waals surface area (Å²) in [6.45, 7) is 3.61. The Labute approximate surface area is 104 Å². The number of aliphatic carboxylic acids is 1. The molecule has 0 aliphatic carbocycles.